The Kier molecular flexibility index (Phi) is 9.37. The first-order valence-electron chi connectivity index (χ1n) is 8.73. The Morgan fingerprint density at radius 3 is 1.76 bits per heavy atom. The van der Waals surface area contributed by atoms with Crippen LogP contribution in [-0.4, -0.2) is 30.5 Å². The van der Waals surface area contributed by atoms with Crippen molar-refractivity contribution in [3.63, 3.8) is 0 Å². The third-order valence-corrected chi connectivity index (χ3v) is 19.7. The molecular weight excluding hydrogens is 365 g/mol. The zero-order valence-electron chi connectivity index (χ0n) is 14.5. The molecule has 2 nitrogen and oxygen atoms in total. The van der Waals surface area contributed by atoms with Crippen molar-refractivity contribution in [1.82, 2.24) is 4.98 Å². The number of aromatic nitrogens is 1. The summed E-state index contributed by atoms with van der Waals surface area (Å²) in [6, 6.07) is 4.41. The number of ether oxygens (including phenoxy) is 1. The van der Waals surface area contributed by atoms with Crippen molar-refractivity contribution in [2.75, 3.05) is 7.11 Å². The summed E-state index contributed by atoms with van der Waals surface area (Å²) in [5, 5.41) is 0. The number of rotatable bonds is 11. The molecule has 1 aromatic rings. The van der Waals surface area contributed by atoms with Gasteiger partial charge in [-0.3, -0.25) is 0 Å². The zero-order chi connectivity index (χ0) is 15.6. The topological polar surface area (TPSA) is 22.1 Å². The van der Waals surface area contributed by atoms with Crippen LogP contribution in [-0.2, 0) is 0 Å². The summed E-state index contributed by atoms with van der Waals surface area (Å²) in [5.74, 6) is 0.889. The Bertz CT molecular complexity index is 356. The molecule has 0 amide bonds. The molecular formula is C18H33NOSn. The van der Waals surface area contributed by atoms with Gasteiger partial charge in [0, 0.05) is 0 Å². The van der Waals surface area contributed by atoms with Gasteiger partial charge in [0.1, 0.15) is 0 Å². The Balaban J connectivity index is 3.02. The average Bonchev–Trinajstić information content (AvgIpc) is 2.55. The molecule has 0 unspecified atom stereocenters. The summed E-state index contributed by atoms with van der Waals surface area (Å²) < 4.78 is 11.2. The van der Waals surface area contributed by atoms with Gasteiger partial charge in [-0.05, 0) is 0 Å². The minimum atomic E-state index is -2.31. The van der Waals surface area contributed by atoms with Crippen LogP contribution in [0.3, 0.4) is 0 Å². The van der Waals surface area contributed by atoms with Crippen molar-refractivity contribution in [2.45, 2.75) is 72.6 Å². The molecule has 0 bridgehead atoms. The van der Waals surface area contributed by atoms with Crippen LogP contribution in [0.4, 0.5) is 0 Å². The first-order chi connectivity index (χ1) is 10.2. The van der Waals surface area contributed by atoms with Crippen LogP contribution >= 0.6 is 0 Å². The maximum atomic E-state index is 5.29. The summed E-state index contributed by atoms with van der Waals surface area (Å²) in [6.07, 6.45) is 10.0. The van der Waals surface area contributed by atoms with Gasteiger partial charge in [-0.2, -0.15) is 0 Å². The fourth-order valence-corrected chi connectivity index (χ4v) is 18.5. The summed E-state index contributed by atoms with van der Waals surface area (Å²) in [5.41, 5.74) is 0. The van der Waals surface area contributed by atoms with E-state index >= 15 is 0 Å². The van der Waals surface area contributed by atoms with Gasteiger partial charge >= 0.3 is 136 Å². The van der Waals surface area contributed by atoms with E-state index in [0.717, 1.165) is 5.75 Å². The van der Waals surface area contributed by atoms with Gasteiger partial charge in [0.15, 0.2) is 0 Å². The quantitative estimate of drug-likeness (QED) is 0.482. The molecule has 1 aromatic heterocycles. The van der Waals surface area contributed by atoms with Crippen LogP contribution in [0.2, 0.25) is 13.3 Å². The predicted octanol–water partition coefficient (Wildman–Crippen LogP) is 5.15. The van der Waals surface area contributed by atoms with Gasteiger partial charge in [-0.15, -0.1) is 0 Å². The molecule has 0 fully saturated rings. The van der Waals surface area contributed by atoms with Crippen molar-refractivity contribution < 1.29 is 4.74 Å². The first kappa shape index (κ1) is 18.8. The van der Waals surface area contributed by atoms with E-state index in [4.69, 9.17) is 9.72 Å². The molecule has 0 N–H and O–H groups in total. The SMILES string of the molecule is CCC[CH2][Sn]([CH2]CCC)([CH2]CCC)[c]1ccc(OC)cn1. The molecule has 0 aliphatic rings. The maximum absolute atomic E-state index is 5.29. The fraction of sp³-hybridized carbons (Fsp3) is 0.722. The van der Waals surface area contributed by atoms with Crippen molar-refractivity contribution in [3.05, 3.63) is 18.3 Å². The van der Waals surface area contributed by atoms with Crippen LogP contribution in [0.25, 0.3) is 0 Å². The van der Waals surface area contributed by atoms with Gasteiger partial charge < -0.3 is 0 Å². The molecule has 0 saturated heterocycles. The second kappa shape index (κ2) is 10.5. The van der Waals surface area contributed by atoms with Gasteiger partial charge in [-0.25, -0.2) is 0 Å². The zero-order valence-corrected chi connectivity index (χ0v) is 17.3. The first-order valence-corrected chi connectivity index (χ1v) is 16.2. The molecule has 3 heteroatoms. The van der Waals surface area contributed by atoms with Crippen LogP contribution in [0.15, 0.2) is 18.3 Å². The number of methoxy groups -OCH3 is 1. The van der Waals surface area contributed by atoms with Crippen molar-refractivity contribution >= 4 is 22.1 Å². The molecule has 120 valence electrons. The summed E-state index contributed by atoms with van der Waals surface area (Å²) >= 11 is -2.31. The van der Waals surface area contributed by atoms with Crippen LogP contribution in [0, 0.1) is 0 Å². The van der Waals surface area contributed by atoms with Gasteiger partial charge in [0.05, 0.1) is 0 Å². The van der Waals surface area contributed by atoms with Gasteiger partial charge in [0.2, 0.25) is 0 Å². The Morgan fingerprint density at radius 2 is 1.43 bits per heavy atom. The Hall–Kier alpha value is -0.251. The van der Waals surface area contributed by atoms with Crippen molar-refractivity contribution in [1.29, 1.82) is 0 Å². The average molecular weight is 398 g/mol. The van der Waals surface area contributed by atoms with E-state index in [0.29, 0.717) is 0 Å². The molecule has 0 aliphatic carbocycles. The predicted molar refractivity (Wildman–Crippen MR) is 95.3 cm³/mol. The van der Waals surface area contributed by atoms with E-state index < -0.39 is 18.4 Å². The van der Waals surface area contributed by atoms with E-state index in [1.807, 2.05) is 6.20 Å². The number of unbranched alkanes of at least 4 members (excludes halogenated alkanes) is 3. The molecule has 0 radical (unpaired) electrons. The van der Waals surface area contributed by atoms with Crippen LogP contribution < -0.4 is 8.45 Å². The van der Waals surface area contributed by atoms with Crippen LogP contribution in [0.5, 0.6) is 5.75 Å². The van der Waals surface area contributed by atoms with E-state index in [2.05, 4.69) is 32.9 Å². The molecule has 0 atom stereocenters. The molecule has 0 aliphatic heterocycles. The third kappa shape index (κ3) is 5.80. The van der Waals surface area contributed by atoms with E-state index in [1.54, 1.807) is 7.11 Å². The fourth-order valence-electron chi connectivity index (χ4n) is 3.12. The third-order valence-electron chi connectivity index (χ3n) is 4.54. The standard InChI is InChI=1S/C6H6NO.3C4H9.Sn/c1-8-6-3-2-4-7-5-6;3*1-3-4-2;/h2-3,5H,1H3;3*1,3-4H2,2H3;. The molecule has 1 rings (SSSR count). The van der Waals surface area contributed by atoms with E-state index in [-0.39, 0.29) is 0 Å². The molecule has 21 heavy (non-hydrogen) atoms. The van der Waals surface area contributed by atoms with Crippen molar-refractivity contribution in [3.8, 4) is 5.75 Å². The van der Waals surface area contributed by atoms with Crippen molar-refractivity contribution in [2.24, 2.45) is 0 Å². The number of hydrogen-bond acceptors (Lipinski definition) is 2. The van der Waals surface area contributed by atoms with Crippen LogP contribution in [0.1, 0.15) is 59.3 Å². The Morgan fingerprint density at radius 1 is 0.905 bits per heavy atom. The van der Waals surface area contributed by atoms with E-state index in [1.165, 1.54) is 55.5 Å². The molecule has 0 saturated carbocycles. The van der Waals surface area contributed by atoms with Gasteiger partial charge in [0.25, 0.3) is 0 Å². The molecule has 1 heterocycles. The monoisotopic (exact) mass is 399 g/mol. The number of hydrogen-bond donors (Lipinski definition) is 0. The summed E-state index contributed by atoms with van der Waals surface area (Å²) in [6.45, 7) is 6.95. The normalized spacial score (nSPS) is 11.6. The summed E-state index contributed by atoms with van der Waals surface area (Å²) in [7, 11) is 1.72. The van der Waals surface area contributed by atoms with E-state index in [9.17, 15) is 0 Å². The molecule has 0 spiro atoms. The number of nitrogens with zero attached hydrogens (tertiary/aromatic N) is 1. The Labute approximate surface area is 135 Å². The second-order valence-electron chi connectivity index (χ2n) is 6.17. The van der Waals surface area contributed by atoms with Gasteiger partial charge in [-0.1, -0.05) is 0 Å². The minimum absolute atomic E-state index is 0.889. The number of pyridine rings is 1. The molecule has 0 aromatic carbocycles. The summed E-state index contributed by atoms with van der Waals surface area (Å²) in [4.78, 5) is 4.85. The second-order valence-corrected chi connectivity index (χ2v) is 19.2.